The molecule has 0 aromatic carbocycles. The minimum Gasteiger partial charge on any atom is -0.308 e. The Morgan fingerprint density at radius 2 is 1.00 bits per heavy atom. The van der Waals surface area contributed by atoms with E-state index in [0.29, 0.717) is 0 Å². The van der Waals surface area contributed by atoms with Crippen LogP contribution in [0.5, 0.6) is 0 Å². The van der Waals surface area contributed by atoms with Gasteiger partial charge in [-0.25, -0.2) is 14.7 Å². The van der Waals surface area contributed by atoms with Crippen molar-refractivity contribution in [2.75, 3.05) is 0 Å². The monoisotopic (exact) mass is 1070 g/mol. The first-order valence-corrected chi connectivity index (χ1v) is 28.3. The standard InChI is InChI=1S/C33H41N3O3.C30H38ClNO3.3CH4/c1-20-21-8-9-31(5)25(30(21,4)18-23(34-7)27(20)38)16-24(37)26-22-17-29(2,3)10-12-33(22,13-11-32(26,31)6)28(39)36-15-14-35-19-36;1-17-18-8-9-28(5)22(27(18,4)16-20(32-7)24(17)34)14-21(33)23-19-15-26(2,3)10-12-30(19,25(31)35)13-11-29(23,28)6;;;/h14-16,18-22,26H,8-13,17H2,1-6H3;14,16-19,23H,8-13,15H2,1-6H3;3*1H4/t20-,21-,22-,26-,30-,31+,32+,33-;17-,18-,19-,23-,27-,28+,29+,30-;;;/m00.../s1/i;;1T;;. The Hall–Kier alpha value is -4.54. The number of hydrogen-bond acceptors (Lipinski definition) is 7. The molecule has 10 nitrogen and oxygen atoms in total. The Morgan fingerprint density at radius 3 is 1.39 bits per heavy atom. The molecule has 1 aromatic rings. The van der Waals surface area contributed by atoms with Crippen molar-refractivity contribution in [2.45, 2.75) is 195 Å². The predicted molar refractivity (Wildman–Crippen MR) is 304 cm³/mol. The van der Waals surface area contributed by atoms with E-state index >= 15 is 0 Å². The van der Waals surface area contributed by atoms with Gasteiger partial charge in [0.15, 0.2) is 23.1 Å². The van der Waals surface area contributed by atoms with Gasteiger partial charge in [-0.2, -0.15) is 0 Å². The number of Topliss-reactive ketones (excluding diaryl/α,β-unsaturated/α-hetero) is 2. The molecule has 11 heteroatoms. The van der Waals surface area contributed by atoms with Gasteiger partial charge < -0.3 is 9.59 Å². The summed E-state index contributed by atoms with van der Waals surface area (Å²) in [4.78, 5) is 93.0. The van der Waals surface area contributed by atoms with Crippen LogP contribution in [0, 0.1) is 115 Å². The summed E-state index contributed by atoms with van der Waals surface area (Å²) in [5.74, 6) is -0.628. The zero-order valence-corrected chi connectivity index (χ0v) is 47.9. The molecule has 11 rings (SSSR count). The third kappa shape index (κ3) is 7.93. The highest BCUT2D eigenvalue weighted by molar-refractivity contribution is 6.64. The molecule has 0 radical (unpaired) electrons. The lowest BCUT2D eigenvalue weighted by Crippen LogP contribution is -2.65. The molecule has 6 saturated carbocycles. The molecular weight excluding hydrogens is 980 g/mol. The van der Waals surface area contributed by atoms with Gasteiger partial charge in [-0.05, 0) is 170 Å². The molecule has 6 fully saturated rings. The fraction of sp³-hybridized carbons (Fsp3) is 0.712. The molecule has 418 valence electrons. The van der Waals surface area contributed by atoms with Gasteiger partial charge in [-0.15, -0.1) is 0 Å². The lowest BCUT2D eigenvalue weighted by atomic mass is 9.35. The summed E-state index contributed by atoms with van der Waals surface area (Å²) in [6.45, 7) is 41.8. The van der Waals surface area contributed by atoms with Crippen LogP contribution in [0.3, 0.4) is 0 Å². The van der Waals surface area contributed by atoms with E-state index in [1.165, 1.54) is 7.40 Å². The number of carbonyl (C=O) groups excluding carboxylic acids is 6. The summed E-state index contributed by atoms with van der Waals surface area (Å²) in [6, 6.07) is 0. The second-order valence-corrected chi connectivity index (χ2v) is 29.0. The highest BCUT2D eigenvalue weighted by atomic mass is 35.5. The molecule has 0 N–H and O–H groups in total. The number of aromatic nitrogens is 2. The van der Waals surface area contributed by atoms with E-state index in [9.17, 15) is 28.8 Å². The van der Waals surface area contributed by atoms with Gasteiger partial charge in [0.25, 0.3) is 0 Å². The highest BCUT2D eigenvalue weighted by Gasteiger charge is 2.72. The number of hydrogen-bond donors (Lipinski definition) is 0. The number of halogens is 1. The number of imidazole rings is 1. The molecule has 10 aliphatic rings. The zero-order chi connectivity index (χ0) is 55.9. The molecule has 1 aromatic heterocycles. The van der Waals surface area contributed by atoms with Gasteiger partial charge >= 0.3 is 0 Å². The van der Waals surface area contributed by atoms with Crippen molar-refractivity contribution >= 4 is 45.9 Å². The average molecular weight is 1070 g/mol. The summed E-state index contributed by atoms with van der Waals surface area (Å²) in [7, 11) is 1.25. The van der Waals surface area contributed by atoms with Crippen LogP contribution >= 0.6 is 11.6 Å². The van der Waals surface area contributed by atoms with Crippen LogP contribution < -0.4 is 0 Å². The lowest BCUT2D eigenvalue weighted by Gasteiger charge is -2.68. The van der Waals surface area contributed by atoms with E-state index in [-0.39, 0.29) is 140 Å². The molecule has 1 heterocycles. The quantitative estimate of drug-likeness (QED) is 0.213. The topological polar surface area (TPSA) is 129 Å². The van der Waals surface area contributed by atoms with Crippen LogP contribution in [-0.4, -0.2) is 43.8 Å². The largest absolute Gasteiger partial charge is 0.308 e. The third-order valence-electron chi connectivity index (χ3n) is 24.5. The molecule has 10 aliphatic carbocycles. The van der Waals surface area contributed by atoms with E-state index in [1.54, 1.807) is 23.3 Å². The van der Waals surface area contributed by atoms with Crippen molar-refractivity contribution in [3.05, 3.63) is 88.4 Å². The lowest BCUT2D eigenvalue weighted by molar-refractivity contribution is -0.172. The maximum Gasteiger partial charge on any atom is 0.238 e. The minimum absolute atomic E-state index is 0. The van der Waals surface area contributed by atoms with Gasteiger partial charge in [-0.1, -0.05) is 129 Å². The smallest absolute Gasteiger partial charge is 0.238 e. The van der Waals surface area contributed by atoms with Crippen molar-refractivity contribution in [1.29, 1.82) is 0 Å². The highest BCUT2D eigenvalue weighted by Crippen LogP contribution is 2.76. The van der Waals surface area contributed by atoms with Crippen LogP contribution in [0.4, 0.5) is 0 Å². The van der Waals surface area contributed by atoms with Gasteiger partial charge in [-0.3, -0.25) is 23.7 Å². The van der Waals surface area contributed by atoms with Gasteiger partial charge in [0.1, 0.15) is 6.33 Å². The number of ketones is 4. The van der Waals surface area contributed by atoms with Crippen LogP contribution in [0.25, 0.3) is 9.69 Å². The molecule has 16 atom stereocenters. The second kappa shape index (κ2) is 19.1. The van der Waals surface area contributed by atoms with E-state index in [0.717, 1.165) is 101 Å². The normalized spacial score (nSPS) is 44.6. The molecule has 0 aliphatic heterocycles. The predicted octanol–water partition coefficient (Wildman–Crippen LogP) is 15.5. The maximum atomic E-state index is 14.5. The molecule has 77 heavy (non-hydrogen) atoms. The van der Waals surface area contributed by atoms with E-state index in [2.05, 4.69) is 83.9 Å². The van der Waals surface area contributed by atoms with Crippen molar-refractivity contribution in [3.8, 4) is 0 Å². The SMILES string of the molecule is C.C.[3H]C.[C-]#[N+]C1=C[C@]2(C)C3=CC(=O)[C@@H]4[C@@H]5CC(C)(C)CC[C@]5(C(=O)Cl)CC[C@@]4(C)[C@]3(C)CC[C@H]2[C@H](C)C1=O.[C-]#[N+]C1=C[C@]2(C)C3=CC(=O)[C@@H]4[C@@H]5CC(C)(C)CC[C@]5(C(=O)n5ccnc5)CC[C@@]4(C)[C@]3(C)CC[C@H]2[C@H](C)C1=O. The summed E-state index contributed by atoms with van der Waals surface area (Å²) >= 11 is 6.35. The third-order valence-corrected chi connectivity index (χ3v) is 24.9. The van der Waals surface area contributed by atoms with Crippen molar-refractivity contribution in [2.24, 2.45) is 101 Å². The number of nitrogens with zero attached hydrogens (tertiary/aromatic N) is 4. The summed E-state index contributed by atoms with van der Waals surface area (Å²) in [5, 5.41) is -0.257. The van der Waals surface area contributed by atoms with Gasteiger partial charge in [0.2, 0.25) is 22.5 Å². The van der Waals surface area contributed by atoms with Gasteiger partial charge in [0, 0.05) is 53.7 Å². The first-order valence-electron chi connectivity index (χ1n) is 29.0. The Bertz CT molecular complexity index is 2920. The number of fused-ring (bicyclic) bond motifs is 14. The van der Waals surface area contributed by atoms with Crippen molar-refractivity contribution < 1.29 is 30.1 Å². The molecule has 0 spiro atoms. The minimum atomic E-state index is -0.608. The maximum absolute atomic E-state index is 14.5. The second-order valence-electron chi connectivity index (χ2n) is 28.6. The van der Waals surface area contributed by atoms with E-state index in [4.69, 9.17) is 26.1 Å². The van der Waals surface area contributed by atoms with Crippen molar-refractivity contribution in [1.82, 2.24) is 9.55 Å². The molecule has 0 saturated heterocycles. The van der Waals surface area contributed by atoms with Crippen LogP contribution in [0.2, 0.25) is 0 Å². The summed E-state index contributed by atoms with van der Waals surface area (Å²) in [5.41, 5.74) is -0.515. The molecule has 0 bridgehead atoms. The molecule has 0 unspecified atom stereocenters. The molecular formula is C66H91ClN4O6. The summed E-state index contributed by atoms with van der Waals surface area (Å²) in [6.07, 6.45) is 24.5. The van der Waals surface area contributed by atoms with E-state index in [1.807, 2.05) is 38.2 Å². The number of allylic oxidation sites excluding steroid dienone is 8. The van der Waals surface area contributed by atoms with Gasteiger partial charge in [0.05, 0.1) is 18.6 Å². The zero-order valence-electron chi connectivity index (χ0n) is 48.2. The van der Waals surface area contributed by atoms with Crippen molar-refractivity contribution in [3.63, 3.8) is 0 Å². The fourth-order valence-electron chi connectivity index (χ4n) is 19.8. The Kier molecular flexibility index (Phi) is 14.5. The molecule has 0 amide bonds. The number of carbonyl (C=O) groups is 6. The first-order chi connectivity index (χ1) is 35.4. The Balaban J connectivity index is 0.000000215. The summed E-state index contributed by atoms with van der Waals surface area (Å²) < 4.78 is 7.40. The number of rotatable bonds is 2. The van der Waals surface area contributed by atoms with Crippen LogP contribution in [0.15, 0.2) is 65.6 Å². The Labute approximate surface area is 468 Å². The van der Waals surface area contributed by atoms with E-state index < -0.39 is 21.7 Å². The Morgan fingerprint density at radius 1 is 0.610 bits per heavy atom. The van der Waals surface area contributed by atoms with Crippen LogP contribution in [0.1, 0.15) is 201 Å². The average Bonchev–Trinajstić information content (AvgIpc) is 2.56. The fourth-order valence-corrected chi connectivity index (χ4v) is 20.1. The van der Waals surface area contributed by atoms with Crippen LogP contribution in [-0.2, 0) is 24.0 Å². The first kappa shape index (κ1) is 58.6.